The molecule has 1 aromatic carbocycles. The molecule has 0 radical (unpaired) electrons. The third-order valence-corrected chi connectivity index (χ3v) is 5.67. The Morgan fingerprint density at radius 1 is 0.652 bits per heavy atom. The molecule has 2 rings (SSSR count). The maximum Gasteiger partial charge on any atom is 0.271 e. The highest BCUT2D eigenvalue weighted by Gasteiger charge is 2.36. The molecule has 0 spiro atoms. The average Bonchev–Trinajstić information content (AvgIpc) is 2.54. The molecule has 0 heterocycles. The number of carbonyl (C=O) groups excluding carboxylic acids is 2. The highest BCUT2D eigenvalue weighted by molar-refractivity contribution is 6.67. The van der Waals surface area contributed by atoms with Gasteiger partial charge in [-0.15, -0.1) is 0 Å². The Hall–Kier alpha value is -0.330. The summed E-state index contributed by atoms with van der Waals surface area (Å²) in [6.07, 6.45) is 0. The molecule has 0 aliphatic heterocycles. The van der Waals surface area contributed by atoms with Gasteiger partial charge in [0.2, 0.25) is 5.78 Å². The zero-order valence-corrected chi connectivity index (χ0v) is 15.6. The molecular formula is C12HCl7O4. The number of rotatable bonds is 2. The van der Waals surface area contributed by atoms with Gasteiger partial charge in [-0.05, 0) is 0 Å². The second kappa shape index (κ2) is 6.89. The normalized spacial score (nSPS) is 15.6. The van der Waals surface area contributed by atoms with Crippen molar-refractivity contribution >= 4 is 92.8 Å². The molecule has 1 N–H and O–H groups in total. The lowest BCUT2D eigenvalue weighted by atomic mass is 10.1. The highest BCUT2D eigenvalue weighted by Crippen LogP contribution is 2.50. The van der Waals surface area contributed by atoms with E-state index in [2.05, 4.69) is 0 Å². The maximum atomic E-state index is 11.9. The number of carbonyl (C=O) groups is 2. The van der Waals surface area contributed by atoms with Gasteiger partial charge in [-0.25, -0.2) is 0 Å². The van der Waals surface area contributed by atoms with Gasteiger partial charge in [-0.3, -0.25) is 9.59 Å². The van der Waals surface area contributed by atoms with Crippen LogP contribution in [-0.2, 0) is 9.59 Å². The third-order valence-electron chi connectivity index (χ3n) is 2.60. The van der Waals surface area contributed by atoms with Gasteiger partial charge in [0.15, 0.2) is 17.3 Å². The summed E-state index contributed by atoms with van der Waals surface area (Å²) in [5.74, 6) is -4.26. The van der Waals surface area contributed by atoms with Gasteiger partial charge in [-0.1, -0.05) is 81.2 Å². The van der Waals surface area contributed by atoms with Crippen molar-refractivity contribution < 1.29 is 19.4 Å². The number of phenolic OH excluding ortho intramolecular Hbond substituents is 1. The number of hydrogen-bond donors (Lipinski definition) is 1. The predicted octanol–water partition coefficient (Wildman–Crippen LogP) is 5.68. The minimum absolute atomic E-state index is 0.227. The van der Waals surface area contributed by atoms with E-state index in [9.17, 15) is 14.7 Å². The quantitative estimate of drug-likeness (QED) is 0.269. The molecule has 0 aromatic heterocycles. The number of aromatic hydroxyl groups is 1. The van der Waals surface area contributed by atoms with E-state index in [-0.39, 0.29) is 20.1 Å². The number of phenols is 1. The molecule has 1 aliphatic rings. The number of halogens is 7. The summed E-state index contributed by atoms with van der Waals surface area (Å²) in [5, 5.41) is 7.36. The summed E-state index contributed by atoms with van der Waals surface area (Å²) in [6.45, 7) is 0. The first kappa shape index (κ1) is 19.0. The second-order valence-corrected chi connectivity index (χ2v) is 6.61. The smallest absolute Gasteiger partial charge is 0.271 e. The van der Waals surface area contributed by atoms with Gasteiger partial charge in [0.25, 0.3) is 5.78 Å². The Labute approximate surface area is 164 Å². The first-order valence-corrected chi connectivity index (χ1v) is 8.01. The summed E-state index contributed by atoms with van der Waals surface area (Å²) in [5.41, 5.74) is 0. The van der Waals surface area contributed by atoms with Gasteiger partial charge in [0, 0.05) is 0 Å². The van der Waals surface area contributed by atoms with E-state index in [0.29, 0.717) is 0 Å². The Kier molecular flexibility index (Phi) is 5.69. The number of ketones is 2. The van der Waals surface area contributed by atoms with Crippen molar-refractivity contribution in [1.29, 1.82) is 0 Å². The summed E-state index contributed by atoms with van der Waals surface area (Å²) < 4.78 is 5.14. The van der Waals surface area contributed by atoms with Crippen LogP contribution in [0.4, 0.5) is 0 Å². The van der Waals surface area contributed by atoms with E-state index in [1.54, 1.807) is 0 Å². The molecule has 23 heavy (non-hydrogen) atoms. The minimum Gasteiger partial charge on any atom is -0.503 e. The lowest BCUT2D eigenvalue weighted by molar-refractivity contribution is -0.133. The fourth-order valence-corrected chi connectivity index (χ4v) is 2.97. The summed E-state index contributed by atoms with van der Waals surface area (Å²) in [6, 6.07) is 0. The monoisotopic (exact) mass is 454 g/mol. The van der Waals surface area contributed by atoms with Gasteiger partial charge in [0.1, 0.15) is 20.1 Å². The van der Waals surface area contributed by atoms with Crippen LogP contribution < -0.4 is 4.74 Å². The molecule has 11 heteroatoms. The molecule has 0 bridgehead atoms. The van der Waals surface area contributed by atoms with Gasteiger partial charge >= 0.3 is 0 Å². The van der Waals surface area contributed by atoms with Crippen molar-refractivity contribution in [2.75, 3.05) is 0 Å². The van der Waals surface area contributed by atoms with Gasteiger partial charge in [0.05, 0.1) is 15.1 Å². The van der Waals surface area contributed by atoms with Crippen LogP contribution in [0.1, 0.15) is 0 Å². The fraction of sp³-hybridized carbons (Fsp3) is 0. The van der Waals surface area contributed by atoms with Crippen LogP contribution in [0.2, 0.25) is 20.1 Å². The lowest BCUT2D eigenvalue weighted by Gasteiger charge is -2.18. The standard InChI is InChI=1S/C12HCl7O4/c13-1-2(14)6(18)11(9(21)5(1)17)23-12-7(19)3(15)4(16)8(20)10(12)22/h21H. The van der Waals surface area contributed by atoms with Crippen LogP contribution in [-0.4, -0.2) is 16.7 Å². The molecule has 1 aliphatic carbocycles. The molecule has 0 saturated heterocycles. The zero-order valence-electron chi connectivity index (χ0n) is 10.3. The van der Waals surface area contributed by atoms with E-state index in [4.69, 9.17) is 85.9 Å². The van der Waals surface area contributed by atoms with E-state index < -0.39 is 43.9 Å². The molecule has 0 fully saturated rings. The summed E-state index contributed by atoms with van der Waals surface area (Å²) in [4.78, 5) is 23.6. The van der Waals surface area contributed by atoms with Crippen molar-refractivity contribution in [2.24, 2.45) is 0 Å². The van der Waals surface area contributed by atoms with Crippen molar-refractivity contribution in [1.82, 2.24) is 0 Å². The average molecular weight is 457 g/mol. The van der Waals surface area contributed by atoms with Gasteiger partial charge < -0.3 is 9.84 Å². The van der Waals surface area contributed by atoms with E-state index in [0.717, 1.165) is 0 Å². The molecule has 122 valence electrons. The van der Waals surface area contributed by atoms with E-state index in [1.807, 2.05) is 0 Å². The first-order valence-electron chi connectivity index (χ1n) is 5.36. The van der Waals surface area contributed by atoms with E-state index in [1.165, 1.54) is 0 Å². The van der Waals surface area contributed by atoms with Gasteiger partial charge in [-0.2, -0.15) is 0 Å². The first-order chi connectivity index (χ1) is 10.6. The largest absolute Gasteiger partial charge is 0.503 e. The Bertz CT molecular complexity index is 796. The van der Waals surface area contributed by atoms with Crippen LogP contribution in [0.25, 0.3) is 0 Å². The van der Waals surface area contributed by atoms with Crippen molar-refractivity contribution in [3.05, 3.63) is 40.9 Å². The molecular weight excluding hydrogens is 456 g/mol. The number of benzene rings is 1. The molecule has 4 nitrogen and oxygen atoms in total. The number of Topliss-reactive ketones (excluding diaryl/α,β-unsaturated/α-hetero) is 2. The van der Waals surface area contributed by atoms with Crippen LogP contribution in [0.3, 0.4) is 0 Å². The van der Waals surface area contributed by atoms with Crippen molar-refractivity contribution in [3.63, 3.8) is 0 Å². The van der Waals surface area contributed by atoms with Crippen molar-refractivity contribution in [3.8, 4) is 11.5 Å². The highest BCUT2D eigenvalue weighted by atomic mass is 35.5. The Balaban J connectivity index is 2.65. The zero-order chi connectivity index (χ0) is 17.6. The Morgan fingerprint density at radius 3 is 1.74 bits per heavy atom. The maximum absolute atomic E-state index is 11.9. The number of ether oxygens (including phenoxy) is 1. The molecule has 0 atom stereocenters. The van der Waals surface area contributed by atoms with Crippen molar-refractivity contribution in [2.45, 2.75) is 0 Å². The molecule has 0 amide bonds. The van der Waals surface area contributed by atoms with Crippen LogP contribution in [0.5, 0.6) is 11.5 Å². The molecule has 1 aromatic rings. The summed E-state index contributed by atoms with van der Waals surface area (Å²) >= 11 is 40.4. The van der Waals surface area contributed by atoms with Crippen LogP contribution in [0, 0.1) is 0 Å². The lowest BCUT2D eigenvalue weighted by Crippen LogP contribution is -2.25. The number of hydrogen-bond acceptors (Lipinski definition) is 4. The Morgan fingerprint density at radius 2 is 1.17 bits per heavy atom. The minimum atomic E-state index is -1.19. The fourth-order valence-electron chi connectivity index (χ4n) is 1.48. The van der Waals surface area contributed by atoms with E-state index >= 15 is 0 Å². The molecule has 0 unspecified atom stereocenters. The number of allylic oxidation sites excluding steroid dienone is 4. The van der Waals surface area contributed by atoms with Crippen LogP contribution in [0.15, 0.2) is 20.9 Å². The second-order valence-electron chi connectivity index (χ2n) is 3.97. The third kappa shape index (κ3) is 3.14. The summed E-state index contributed by atoms with van der Waals surface area (Å²) in [7, 11) is 0. The SMILES string of the molecule is O=C1C(=O)C(Oc2c(O)c(Cl)c(Cl)c(Cl)c2Cl)=C(Cl)C(Cl)=C1Cl. The predicted molar refractivity (Wildman–Crippen MR) is 90.4 cm³/mol. The van der Waals surface area contributed by atoms with Crippen LogP contribution >= 0.6 is 81.2 Å². The molecule has 0 saturated carbocycles. The topological polar surface area (TPSA) is 63.6 Å².